The average Bonchev–Trinajstić information content (AvgIpc) is 3.13. The maximum atomic E-state index is 6.05. The lowest BCUT2D eigenvalue weighted by molar-refractivity contribution is 1.01. The fourth-order valence-electron chi connectivity index (χ4n) is 3.29. The summed E-state index contributed by atoms with van der Waals surface area (Å²) >= 11 is 12.1. The first-order valence-corrected chi connectivity index (χ1v) is 9.06. The Hall–Kier alpha value is -2.22. The minimum atomic E-state index is 0.754. The van der Waals surface area contributed by atoms with Gasteiger partial charge in [-0.2, -0.15) is 0 Å². The van der Waals surface area contributed by atoms with Gasteiger partial charge in [0.1, 0.15) is 0 Å². The molecule has 0 bridgehead atoms. The van der Waals surface area contributed by atoms with Gasteiger partial charge in [0.25, 0.3) is 0 Å². The number of hydrogen-bond acceptors (Lipinski definition) is 1. The fourth-order valence-corrected chi connectivity index (χ4v) is 3.54. The third-order valence-corrected chi connectivity index (χ3v) is 4.98. The molecule has 0 aliphatic carbocycles. The summed E-state index contributed by atoms with van der Waals surface area (Å²) in [5.74, 6) is 0. The zero-order chi connectivity index (χ0) is 17.2. The van der Waals surface area contributed by atoms with E-state index >= 15 is 0 Å². The van der Waals surface area contributed by atoms with Crippen LogP contribution >= 0.6 is 23.2 Å². The molecule has 3 aromatic rings. The van der Waals surface area contributed by atoms with Crippen LogP contribution in [0.5, 0.6) is 0 Å². The summed E-state index contributed by atoms with van der Waals surface area (Å²) in [5, 5.41) is 1.51. The smallest absolute Gasteiger partial charge is 0.0490 e. The third kappa shape index (κ3) is 3.30. The van der Waals surface area contributed by atoms with Crippen LogP contribution < -0.4 is 4.90 Å². The van der Waals surface area contributed by atoms with Gasteiger partial charge in [0.2, 0.25) is 0 Å². The van der Waals surface area contributed by atoms with E-state index in [0.717, 1.165) is 23.0 Å². The van der Waals surface area contributed by atoms with Gasteiger partial charge in [-0.1, -0.05) is 71.7 Å². The van der Waals surface area contributed by atoms with Crippen molar-refractivity contribution in [3.63, 3.8) is 0 Å². The maximum Gasteiger partial charge on any atom is 0.0490 e. The molecule has 0 fully saturated rings. The van der Waals surface area contributed by atoms with Crippen LogP contribution in [0, 0.1) is 0 Å². The van der Waals surface area contributed by atoms with Gasteiger partial charge in [-0.3, -0.25) is 0 Å². The first-order valence-electron chi connectivity index (χ1n) is 8.31. The van der Waals surface area contributed by atoms with Crippen molar-refractivity contribution in [1.82, 2.24) is 0 Å². The van der Waals surface area contributed by atoms with Gasteiger partial charge in [-0.15, -0.1) is 0 Å². The highest BCUT2D eigenvalue weighted by Crippen LogP contribution is 2.38. The van der Waals surface area contributed by atoms with E-state index in [0.29, 0.717) is 0 Å². The molecule has 124 valence electrons. The summed E-state index contributed by atoms with van der Waals surface area (Å²) < 4.78 is 0. The number of para-hydroxylation sites is 1. The van der Waals surface area contributed by atoms with Crippen LogP contribution in [-0.2, 0) is 0 Å². The van der Waals surface area contributed by atoms with Crippen LogP contribution in [0.15, 0.2) is 78.9 Å². The predicted molar refractivity (Wildman–Crippen MR) is 108 cm³/mol. The van der Waals surface area contributed by atoms with Gasteiger partial charge in [0.05, 0.1) is 0 Å². The Labute approximate surface area is 158 Å². The highest BCUT2D eigenvalue weighted by Gasteiger charge is 2.21. The maximum absolute atomic E-state index is 6.05. The molecular weight excluding hydrogens is 349 g/mol. The van der Waals surface area contributed by atoms with Gasteiger partial charge in [0.15, 0.2) is 0 Å². The summed E-state index contributed by atoms with van der Waals surface area (Å²) in [6, 6.07) is 24.6. The summed E-state index contributed by atoms with van der Waals surface area (Å²) in [5.41, 5.74) is 6.01. The molecule has 0 amide bonds. The van der Waals surface area contributed by atoms with E-state index in [9.17, 15) is 0 Å². The molecule has 0 saturated heterocycles. The van der Waals surface area contributed by atoms with Crippen LogP contribution in [0.25, 0.3) is 16.8 Å². The third-order valence-electron chi connectivity index (χ3n) is 4.47. The monoisotopic (exact) mass is 365 g/mol. The van der Waals surface area contributed by atoms with Crippen LogP contribution in [-0.4, -0.2) is 6.54 Å². The molecule has 0 radical (unpaired) electrons. The summed E-state index contributed by atoms with van der Waals surface area (Å²) in [6.07, 6.45) is 3.33. The first kappa shape index (κ1) is 16.3. The molecule has 1 nitrogen and oxygen atoms in total. The van der Waals surface area contributed by atoms with Crippen molar-refractivity contribution in [3.8, 4) is 11.1 Å². The molecule has 0 aromatic heterocycles. The van der Waals surface area contributed by atoms with Crippen molar-refractivity contribution in [3.05, 3.63) is 94.5 Å². The Bertz CT molecular complexity index is 912. The number of benzene rings is 3. The lowest BCUT2D eigenvalue weighted by atomic mass is 10.0. The van der Waals surface area contributed by atoms with Crippen LogP contribution in [0.4, 0.5) is 5.69 Å². The van der Waals surface area contributed by atoms with Crippen LogP contribution in [0.3, 0.4) is 0 Å². The molecule has 0 N–H and O–H groups in total. The molecule has 3 heteroatoms. The van der Waals surface area contributed by atoms with E-state index < -0.39 is 0 Å². The van der Waals surface area contributed by atoms with Gasteiger partial charge >= 0.3 is 0 Å². The zero-order valence-corrected chi connectivity index (χ0v) is 15.1. The van der Waals surface area contributed by atoms with Gasteiger partial charge in [0, 0.05) is 33.5 Å². The average molecular weight is 366 g/mol. The molecule has 0 atom stereocenters. The molecule has 1 aliphatic heterocycles. The number of nitrogens with zero attached hydrogens (tertiary/aromatic N) is 1. The summed E-state index contributed by atoms with van der Waals surface area (Å²) in [7, 11) is 0. The number of rotatable bonds is 3. The van der Waals surface area contributed by atoms with Gasteiger partial charge in [-0.05, 0) is 47.9 Å². The van der Waals surface area contributed by atoms with Crippen LogP contribution in [0.2, 0.25) is 10.0 Å². The highest BCUT2D eigenvalue weighted by molar-refractivity contribution is 6.30. The molecule has 25 heavy (non-hydrogen) atoms. The van der Waals surface area contributed by atoms with Crippen molar-refractivity contribution >= 4 is 34.6 Å². The second kappa shape index (κ2) is 6.95. The Morgan fingerprint density at radius 1 is 0.680 bits per heavy atom. The normalized spacial score (nSPS) is 13.8. The zero-order valence-electron chi connectivity index (χ0n) is 13.6. The Kier molecular flexibility index (Phi) is 4.52. The predicted octanol–water partition coefficient (Wildman–Crippen LogP) is 6.91. The topological polar surface area (TPSA) is 3.24 Å². The van der Waals surface area contributed by atoms with E-state index in [2.05, 4.69) is 59.5 Å². The van der Waals surface area contributed by atoms with Gasteiger partial charge < -0.3 is 4.90 Å². The standard InChI is InChI=1S/C22H17Cl2N/c23-18-11-7-16(8-12-18)20-4-1-2-5-22(20)25-15-3-6-21(25)17-9-13-19(24)14-10-17/h1-2,4-14H,3,15H2. The molecule has 0 unspecified atom stereocenters. The van der Waals surface area contributed by atoms with E-state index in [4.69, 9.17) is 23.2 Å². The molecule has 0 saturated carbocycles. The van der Waals surface area contributed by atoms with E-state index in [1.165, 1.54) is 28.1 Å². The Balaban J connectivity index is 1.76. The fraction of sp³-hybridized carbons (Fsp3) is 0.0909. The molecular formula is C22H17Cl2N. The van der Waals surface area contributed by atoms with Crippen molar-refractivity contribution in [1.29, 1.82) is 0 Å². The Morgan fingerprint density at radius 2 is 1.28 bits per heavy atom. The van der Waals surface area contributed by atoms with E-state index in [1.807, 2.05) is 24.3 Å². The van der Waals surface area contributed by atoms with Crippen molar-refractivity contribution < 1.29 is 0 Å². The number of hydrogen-bond donors (Lipinski definition) is 0. The SMILES string of the molecule is Clc1ccc(C2=CCCN2c2ccccc2-c2ccc(Cl)cc2)cc1. The molecule has 1 heterocycles. The van der Waals surface area contributed by atoms with E-state index in [1.54, 1.807) is 0 Å². The molecule has 1 aliphatic rings. The first-order chi connectivity index (χ1) is 12.2. The molecule has 0 spiro atoms. The summed E-state index contributed by atoms with van der Waals surface area (Å²) in [6.45, 7) is 0.975. The second-order valence-electron chi connectivity index (χ2n) is 6.06. The summed E-state index contributed by atoms with van der Waals surface area (Å²) in [4.78, 5) is 2.38. The van der Waals surface area contributed by atoms with Crippen molar-refractivity contribution in [2.75, 3.05) is 11.4 Å². The van der Waals surface area contributed by atoms with Crippen molar-refractivity contribution in [2.45, 2.75) is 6.42 Å². The lowest BCUT2D eigenvalue weighted by Crippen LogP contribution is -2.18. The van der Waals surface area contributed by atoms with E-state index in [-0.39, 0.29) is 0 Å². The number of anilines is 1. The quantitative estimate of drug-likeness (QED) is 0.487. The lowest BCUT2D eigenvalue weighted by Gasteiger charge is -2.25. The van der Waals surface area contributed by atoms with Gasteiger partial charge in [-0.25, -0.2) is 0 Å². The van der Waals surface area contributed by atoms with Crippen LogP contribution in [0.1, 0.15) is 12.0 Å². The minimum absolute atomic E-state index is 0.754. The highest BCUT2D eigenvalue weighted by atomic mass is 35.5. The molecule has 4 rings (SSSR count). The number of halogens is 2. The van der Waals surface area contributed by atoms with Crippen molar-refractivity contribution in [2.24, 2.45) is 0 Å². The second-order valence-corrected chi connectivity index (χ2v) is 6.93. The molecule has 3 aromatic carbocycles. The largest absolute Gasteiger partial charge is 0.340 e. The minimum Gasteiger partial charge on any atom is -0.340 e. The Morgan fingerprint density at radius 3 is 1.96 bits per heavy atom.